The van der Waals surface area contributed by atoms with Crippen LogP contribution in [-0.2, 0) is 0 Å². The molecule has 106 valence electrons. The van der Waals surface area contributed by atoms with Crippen molar-refractivity contribution in [3.8, 4) is 0 Å². The molecule has 2 fully saturated rings. The van der Waals surface area contributed by atoms with Crippen LogP contribution in [0, 0.1) is 23.7 Å². The third kappa shape index (κ3) is 2.12. The van der Waals surface area contributed by atoms with Crippen LogP contribution in [0.5, 0.6) is 0 Å². The Hall–Kier alpha value is 2.19. The zero-order chi connectivity index (χ0) is 13.4. The van der Waals surface area contributed by atoms with Crippen LogP contribution in [-0.4, -0.2) is 23.4 Å². The van der Waals surface area contributed by atoms with E-state index < -0.39 is 13.8 Å². The van der Waals surface area contributed by atoms with E-state index in [9.17, 15) is 0 Å². The van der Waals surface area contributed by atoms with Gasteiger partial charge in [0.1, 0.15) is 0 Å². The number of allylic oxidation sites excluding steroid dienone is 4. The topological polar surface area (TPSA) is 0 Å². The summed E-state index contributed by atoms with van der Waals surface area (Å²) in [6.45, 7) is 0. The summed E-state index contributed by atoms with van der Waals surface area (Å²) in [5.74, 6) is 3.16. The molecule has 0 spiro atoms. The number of rotatable bonds is 2. The Labute approximate surface area is 147 Å². The summed E-state index contributed by atoms with van der Waals surface area (Å²) in [4.78, 5) is 1.37. The first-order valence-electron chi connectivity index (χ1n) is 6.85. The van der Waals surface area contributed by atoms with Gasteiger partial charge >= 0.3 is 150 Å². The zero-order valence-corrected chi connectivity index (χ0v) is 18.9. The van der Waals surface area contributed by atoms with Gasteiger partial charge in [-0.2, -0.15) is 0 Å². The summed E-state index contributed by atoms with van der Waals surface area (Å²) in [6.07, 6.45) is 12.6. The standard InChI is InChI=1S/C14H16Br4Te/c15-11-7-1-3-9(5-7)13(11)19(17,18)14-10-4-2-8(6-10)12(14)16/h1-4,7-14H,5-6H2. The second-order valence-corrected chi connectivity index (χ2v) is 34.8. The van der Waals surface area contributed by atoms with E-state index in [4.69, 9.17) is 0 Å². The van der Waals surface area contributed by atoms with E-state index in [-0.39, 0.29) is 0 Å². The molecular weight excluding hydrogens is 615 g/mol. The summed E-state index contributed by atoms with van der Waals surface area (Å²) in [5, 5.41) is 0. The molecule has 0 saturated heterocycles. The minimum absolute atomic E-state index is 0.685. The molecular formula is C14H16Br4Te. The zero-order valence-electron chi connectivity index (χ0n) is 10.3. The van der Waals surface area contributed by atoms with Gasteiger partial charge in [-0.3, -0.25) is 0 Å². The van der Waals surface area contributed by atoms with Gasteiger partial charge in [0.25, 0.3) is 0 Å². The van der Waals surface area contributed by atoms with E-state index in [1.54, 1.807) is 0 Å². The molecule has 4 bridgehead atoms. The van der Waals surface area contributed by atoms with Gasteiger partial charge in [-0.05, 0) is 0 Å². The monoisotopic (exact) mass is 630 g/mol. The van der Waals surface area contributed by atoms with Gasteiger partial charge in [-0.15, -0.1) is 0 Å². The molecule has 0 radical (unpaired) electrons. The third-order valence-electron chi connectivity index (χ3n) is 5.32. The van der Waals surface area contributed by atoms with Gasteiger partial charge in [0, 0.05) is 0 Å². The fourth-order valence-electron chi connectivity index (χ4n) is 4.43. The van der Waals surface area contributed by atoms with Gasteiger partial charge in [-0.25, -0.2) is 0 Å². The van der Waals surface area contributed by atoms with Crippen molar-refractivity contribution >= 4 is 71.1 Å². The van der Waals surface area contributed by atoms with Crippen molar-refractivity contribution in [3.63, 3.8) is 0 Å². The van der Waals surface area contributed by atoms with Crippen LogP contribution in [0.3, 0.4) is 0 Å². The van der Waals surface area contributed by atoms with Crippen LogP contribution < -0.4 is 0 Å². The van der Waals surface area contributed by atoms with Crippen molar-refractivity contribution in [2.45, 2.75) is 30.4 Å². The molecule has 2 saturated carbocycles. The molecule has 0 N–H and O–H groups in total. The van der Waals surface area contributed by atoms with E-state index in [1.165, 1.54) is 12.8 Å². The van der Waals surface area contributed by atoms with Crippen molar-refractivity contribution < 1.29 is 0 Å². The quantitative estimate of drug-likeness (QED) is 0.203. The minimum atomic E-state index is -2.26. The molecule has 19 heavy (non-hydrogen) atoms. The van der Waals surface area contributed by atoms with Crippen LogP contribution in [0.2, 0.25) is 7.93 Å². The first-order valence-corrected chi connectivity index (χ1v) is 21.8. The predicted molar refractivity (Wildman–Crippen MR) is 98.0 cm³/mol. The number of alkyl halides is 2. The Morgan fingerprint density at radius 2 is 1.05 bits per heavy atom. The van der Waals surface area contributed by atoms with Crippen LogP contribution in [0.15, 0.2) is 24.3 Å². The van der Waals surface area contributed by atoms with Crippen molar-refractivity contribution in [1.82, 2.24) is 0 Å². The van der Waals surface area contributed by atoms with Crippen LogP contribution in [0.25, 0.3) is 0 Å². The van der Waals surface area contributed by atoms with Gasteiger partial charge in [0.2, 0.25) is 0 Å². The number of hydrogen-bond acceptors (Lipinski definition) is 0. The summed E-state index contributed by atoms with van der Waals surface area (Å²) < 4.78 is 1.66. The molecule has 0 amide bonds. The van der Waals surface area contributed by atoms with Gasteiger partial charge < -0.3 is 0 Å². The average molecular weight is 631 g/mol. The molecule has 0 aromatic rings. The van der Waals surface area contributed by atoms with Gasteiger partial charge in [0.15, 0.2) is 0 Å². The van der Waals surface area contributed by atoms with Crippen LogP contribution in [0.1, 0.15) is 12.8 Å². The van der Waals surface area contributed by atoms with Crippen molar-refractivity contribution in [3.05, 3.63) is 24.3 Å². The third-order valence-corrected chi connectivity index (χ3v) is 29.4. The summed E-state index contributed by atoms with van der Waals surface area (Å²) in [7, 11) is 0. The first kappa shape index (κ1) is 14.8. The molecule has 0 heterocycles. The molecule has 5 heteroatoms. The second kappa shape index (κ2) is 5.10. The van der Waals surface area contributed by atoms with E-state index in [1.807, 2.05) is 0 Å². The van der Waals surface area contributed by atoms with Gasteiger partial charge in [-0.1, -0.05) is 0 Å². The van der Waals surface area contributed by atoms with E-state index in [0.717, 1.165) is 31.6 Å². The Kier molecular flexibility index (Phi) is 3.96. The van der Waals surface area contributed by atoms with Crippen molar-refractivity contribution in [2.24, 2.45) is 23.7 Å². The van der Waals surface area contributed by atoms with Crippen molar-refractivity contribution in [1.29, 1.82) is 0 Å². The predicted octanol–water partition coefficient (Wildman–Crippen LogP) is 5.90. The van der Waals surface area contributed by atoms with E-state index in [0.29, 0.717) is 9.65 Å². The molecule has 0 aromatic heterocycles. The number of hydrogen-bond donors (Lipinski definition) is 0. The van der Waals surface area contributed by atoms with Crippen LogP contribution in [0.4, 0.5) is 0 Å². The molecule has 4 aliphatic rings. The normalized spacial score (nSPS) is 55.4. The summed E-state index contributed by atoms with van der Waals surface area (Å²) >= 11 is 14.4. The van der Waals surface area contributed by atoms with Gasteiger partial charge in [0.05, 0.1) is 0 Å². The SMILES string of the molecule is BrC1C2C=CC(C2)C1[Te](Br)(Br)C1C2C=CC(C2)C1Br. The van der Waals surface area contributed by atoms with Crippen molar-refractivity contribution in [2.75, 3.05) is 0 Å². The molecule has 0 aliphatic heterocycles. The summed E-state index contributed by atoms with van der Waals surface area (Å²) in [6, 6.07) is 0. The number of halogens is 4. The maximum atomic E-state index is 4.30. The molecule has 0 nitrogen and oxygen atoms in total. The maximum absolute atomic E-state index is 4.30. The molecule has 4 rings (SSSR count). The fourth-order valence-corrected chi connectivity index (χ4v) is 40.0. The number of fused-ring (bicyclic) bond motifs is 4. The molecule has 8 unspecified atom stereocenters. The second-order valence-electron chi connectivity index (χ2n) is 6.27. The molecule has 0 aromatic carbocycles. The Morgan fingerprint density at radius 1 is 0.684 bits per heavy atom. The Morgan fingerprint density at radius 3 is 1.37 bits per heavy atom. The Balaban J connectivity index is 1.67. The molecule has 4 aliphatic carbocycles. The fraction of sp³-hybridized carbons (Fsp3) is 0.714. The summed E-state index contributed by atoms with van der Waals surface area (Å²) in [5.41, 5.74) is 0. The van der Waals surface area contributed by atoms with E-state index in [2.05, 4.69) is 81.7 Å². The van der Waals surface area contributed by atoms with Crippen LogP contribution >= 0.6 is 57.4 Å². The molecule has 8 atom stereocenters. The van der Waals surface area contributed by atoms with E-state index >= 15 is 0 Å². The Bertz CT molecular complexity index is 420. The average Bonchev–Trinajstić information content (AvgIpc) is 3.05. The first-order chi connectivity index (χ1) is 9.00.